The molecule has 7 heteroatoms. The van der Waals surface area contributed by atoms with Crippen LogP contribution in [0.3, 0.4) is 0 Å². The van der Waals surface area contributed by atoms with Crippen molar-refractivity contribution in [1.82, 2.24) is 29.5 Å². The molecule has 3 aromatic rings. The minimum absolute atomic E-state index is 0.755. The van der Waals surface area contributed by atoms with Crippen molar-refractivity contribution in [1.29, 1.82) is 0 Å². The van der Waals surface area contributed by atoms with E-state index in [1.807, 2.05) is 30.3 Å². The minimum Gasteiger partial charge on any atom is -0.353 e. The fourth-order valence-electron chi connectivity index (χ4n) is 3.17. The van der Waals surface area contributed by atoms with E-state index in [4.69, 9.17) is 4.98 Å². The van der Waals surface area contributed by atoms with Gasteiger partial charge >= 0.3 is 0 Å². The van der Waals surface area contributed by atoms with E-state index in [1.165, 1.54) is 11.3 Å². The molecule has 0 saturated carbocycles. The first-order valence-electron chi connectivity index (χ1n) is 8.25. The topological polar surface area (TPSA) is 64.7 Å². The average molecular weight is 327 g/mol. The molecule has 0 aliphatic carbocycles. The summed E-state index contributed by atoms with van der Waals surface area (Å²) in [4.78, 5) is 11.5. The second kappa shape index (κ2) is 5.89. The summed E-state index contributed by atoms with van der Waals surface area (Å²) in [5.41, 5.74) is 6.36. The molecule has 128 valence electrons. The fourth-order valence-corrected chi connectivity index (χ4v) is 3.17. The van der Waals surface area contributed by atoms with E-state index in [0.29, 0.717) is 0 Å². The lowest BCUT2D eigenvalue weighted by atomic mass is 10.2. The van der Waals surface area contributed by atoms with Crippen molar-refractivity contribution in [3.05, 3.63) is 28.5 Å². The third kappa shape index (κ3) is 2.53. The van der Waals surface area contributed by atoms with Crippen LogP contribution in [-0.2, 0) is 20.1 Å². The molecule has 0 N–H and O–H groups in total. The largest absolute Gasteiger partial charge is 0.353 e. The van der Waals surface area contributed by atoms with Crippen molar-refractivity contribution >= 4 is 16.9 Å². The van der Waals surface area contributed by atoms with Crippen LogP contribution < -0.4 is 4.90 Å². The predicted octanol–water partition coefficient (Wildman–Crippen LogP) is 2.45. The van der Waals surface area contributed by atoms with Gasteiger partial charge in [0.05, 0.1) is 11.4 Å². The van der Waals surface area contributed by atoms with Crippen molar-refractivity contribution < 1.29 is 0 Å². The van der Waals surface area contributed by atoms with Gasteiger partial charge in [0.25, 0.3) is 0 Å². The number of hydrogen-bond donors (Lipinski definition) is 0. The van der Waals surface area contributed by atoms with Crippen LogP contribution in [0.4, 0.5) is 5.82 Å². The van der Waals surface area contributed by atoms with Crippen LogP contribution in [0.1, 0.15) is 35.4 Å². The number of rotatable bonds is 4. The predicted molar refractivity (Wildman–Crippen MR) is 95.3 cm³/mol. The fraction of sp³-hybridized carbons (Fsp3) is 0.529. The van der Waals surface area contributed by atoms with Gasteiger partial charge in [-0.25, -0.2) is 9.97 Å². The van der Waals surface area contributed by atoms with Gasteiger partial charge in [-0.1, -0.05) is 0 Å². The SMILES string of the molecule is CCn1nc(C)c2nc(C)nc(N(C)Cc3c(C)nn(C)c3C)c21. The third-order valence-corrected chi connectivity index (χ3v) is 4.56. The number of nitrogens with zero attached hydrogens (tertiary/aromatic N) is 7. The molecule has 0 unspecified atom stereocenters. The van der Waals surface area contributed by atoms with Gasteiger partial charge in [-0.05, 0) is 34.6 Å². The number of aryl methyl sites for hydroxylation is 5. The van der Waals surface area contributed by atoms with E-state index in [1.54, 1.807) is 0 Å². The highest BCUT2D eigenvalue weighted by molar-refractivity contribution is 5.88. The first-order valence-corrected chi connectivity index (χ1v) is 8.25. The summed E-state index contributed by atoms with van der Waals surface area (Å²) < 4.78 is 3.92. The zero-order valence-electron chi connectivity index (χ0n) is 15.5. The molecule has 7 nitrogen and oxygen atoms in total. The van der Waals surface area contributed by atoms with E-state index in [2.05, 4.69) is 47.9 Å². The Kier molecular flexibility index (Phi) is 4.03. The zero-order valence-corrected chi connectivity index (χ0v) is 15.5. The van der Waals surface area contributed by atoms with Crippen LogP contribution in [0, 0.1) is 27.7 Å². The van der Waals surface area contributed by atoms with Gasteiger partial charge in [-0.2, -0.15) is 10.2 Å². The van der Waals surface area contributed by atoms with Gasteiger partial charge in [-0.15, -0.1) is 0 Å². The molecule has 0 radical (unpaired) electrons. The monoisotopic (exact) mass is 327 g/mol. The normalized spacial score (nSPS) is 11.5. The van der Waals surface area contributed by atoms with Crippen molar-refractivity contribution in [3.63, 3.8) is 0 Å². The summed E-state index contributed by atoms with van der Waals surface area (Å²) in [6, 6.07) is 0. The van der Waals surface area contributed by atoms with Crippen LogP contribution in [0.5, 0.6) is 0 Å². The van der Waals surface area contributed by atoms with Gasteiger partial charge < -0.3 is 4.90 Å². The maximum absolute atomic E-state index is 4.71. The van der Waals surface area contributed by atoms with Crippen LogP contribution in [0.15, 0.2) is 0 Å². The summed E-state index contributed by atoms with van der Waals surface area (Å²) in [5, 5.41) is 9.12. The van der Waals surface area contributed by atoms with E-state index in [0.717, 1.165) is 47.2 Å². The summed E-state index contributed by atoms with van der Waals surface area (Å²) >= 11 is 0. The van der Waals surface area contributed by atoms with E-state index >= 15 is 0 Å². The lowest BCUT2D eigenvalue weighted by Crippen LogP contribution is -2.20. The quantitative estimate of drug-likeness (QED) is 0.736. The molecule has 0 aliphatic rings. The Morgan fingerprint density at radius 1 is 1.00 bits per heavy atom. The Labute approximate surface area is 142 Å². The molecule has 0 spiro atoms. The van der Waals surface area contributed by atoms with Crippen LogP contribution in [-0.4, -0.2) is 36.6 Å². The zero-order chi connectivity index (χ0) is 17.6. The first-order chi connectivity index (χ1) is 11.3. The van der Waals surface area contributed by atoms with E-state index < -0.39 is 0 Å². The lowest BCUT2D eigenvalue weighted by molar-refractivity contribution is 0.673. The van der Waals surface area contributed by atoms with Gasteiger partial charge in [0.15, 0.2) is 5.82 Å². The Hall–Kier alpha value is -2.44. The molecule has 3 aromatic heterocycles. The molecule has 0 bridgehead atoms. The standard InChI is InChI=1S/C17H25N7/c1-8-24-16-15(11(3)21-24)18-13(5)19-17(16)22(6)9-14-10(2)20-23(7)12(14)4/h8-9H2,1-7H3. The van der Waals surface area contributed by atoms with Crippen molar-refractivity contribution in [2.75, 3.05) is 11.9 Å². The van der Waals surface area contributed by atoms with Gasteiger partial charge in [0, 0.05) is 38.4 Å². The molecule has 3 rings (SSSR count). The number of fused-ring (bicyclic) bond motifs is 1. The molecule has 3 heterocycles. The smallest absolute Gasteiger partial charge is 0.158 e. The first kappa shape index (κ1) is 16.4. The Morgan fingerprint density at radius 3 is 2.29 bits per heavy atom. The molecular weight excluding hydrogens is 302 g/mol. The Morgan fingerprint density at radius 2 is 1.71 bits per heavy atom. The number of hydrogen-bond acceptors (Lipinski definition) is 5. The molecule has 0 aromatic carbocycles. The van der Waals surface area contributed by atoms with Crippen LogP contribution in [0.2, 0.25) is 0 Å². The van der Waals surface area contributed by atoms with Gasteiger partial charge in [-0.3, -0.25) is 9.36 Å². The van der Waals surface area contributed by atoms with E-state index in [-0.39, 0.29) is 0 Å². The minimum atomic E-state index is 0.755. The number of anilines is 1. The second-order valence-electron chi connectivity index (χ2n) is 6.32. The van der Waals surface area contributed by atoms with Crippen molar-refractivity contribution in [2.24, 2.45) is 7.05 Å². The maximum atomic E-state index is 4.71. The molecule has 0 atom stereocenters. The second-order valence-corrected chi connectivity index (χ2v) is 6.32. The average Bonchev–Trinajstić information content (AvgIpc) is 2.98. The summed E-state index contributed by atoms with van der Waals surface area (Å²) in [6.45, 7) is 11.7. The highest BCUT2D eigenvalue weighted by Crippen LogP contribution is 2.27. The lowest BCUT2D eigenvalue weighted by Gasteiger charge is -2.20. The molecular formula is C17H25N7. The van der Waals surface area contributed by atoms with Gasteiger partial charge in [0.2, 0.25) is 0 Å². The van der Waals surface area contributed by atoms with Crippen LogP contribution >= 0.6 is 0 Å². The van der Waals surface area contributed by atoms with Crippen molar-refractivity contribution in [3.8, 4) is 0 Å². The van der Waals surface area contributed by atoms with Gasteiger partial charge in [0.1, 0.15) is 16.9 Å². The number of aromatic nitrogens is 6. The van der Waals surface area contributed by atoms with E-state index in [9.17, 15) is 0 Å². The molecule has 0 saturated heterocycles. The third-order valence-electron chi connectivity index (χ3n) is 4.56. The highest BCUT2D eigenvalue weighted by Gasteiger charge is 2.19. The van der Waals surface area contributed by atoms with Crippen molar-refractivity contribution in [2.45, 2.75) is 47.7 Å². The summed E-state index contributed by atoms with van der Waals surface area (Å²) in [7, 11) is 4.05. The molecule has 0 aliphatic heterocycles. The maximum Gasteiger partial charge on any atom is 0.158 e. The van der Waals surface area contributed by atoms with Crippen LogP contribution in [0.25, 0.3) is 11.0 Å². The Bertz CT molecular complexity index is 904. The molecule has 0 fully saturated rings. The summed E-state index contributed by atoms with van der Waals surface area (Å²) in [6.07, 6.45) is 0. The summed E-state index contributed by atoms with van der Waals surface area (Å²) in [5.74, 6) is 1.69. The molecule has 0 amide bonds. The highest BCUT2D eigenvalue weighted by atomic mass is 15.3. The Balaban J connectivity index is 2.11. The molecule has 24 heavy (non-hydrogen) atoms.